The molecule has 0 unspecified atom stereocenters. The van der Waals surface area contributed by atoms with Crippen molar-refractivity contribution in [1.82, 2.24) is 4.90 Å². The van der Waals surface area contributed by atoms with Gasteiger partial charge in [0, 0.05) is 23.2 Å². The van der Waals surface area contributed by atoms with E-state index in [1.54, 1.807) is 7.11 Å². The number of aryl methyl sites for hydroxylation is 2. The van der Waals surface area contributed by atoms with E-state index >= 15 is 0 Å². The molecule has 0 radical (unpaired) electrons. The number of hydrogen-bond acceptors (Lipinski definition) is 2. The first-order chi connectivity index (χ1) is 12.5. The molecule has 1 aliphatic heterocycles. The minimum atomic E-state index is -0.0167. The number of benzene rings is 2. The van der Waals surface area contributed by atoms with Crippen LogP contribution in [0, 0.1) is 13.8 Å². The molecular weight excluding hydrogens is 392 g/mol. The van der Waals surface area contributed by atoms with Crippen LogP contribution in [0.3, 0.4) is 0 Å². The second kappa shape index (κ2) is 8.12. The number of nitrogens with one attached hydrogen (secondary N) is 1. The first-order valence-corrected chi connectivity index (χ1v) is 9.74. The monoisotopic (exact) mass is 416 g/mol. The fourth-order valence-corrected chi connectivity index (χ4v) is 4.38. The van der Waals surface area contributed by atoms with Crippen LogP contribution in [0.2, 0.25) is 0 Å². The number of urea groups is 1. The van der Waals surface area contributed by atoms with E-state index in [0.717, 1.165) is 53.0 Å². The number of rotatable bonds is 3. The second-order valence-electron chi connectivity index (χ2n) is 6.85. The zero-order valence-electron chi connectivity index (χ0n) is 15.5. The van der Waals surface area contributed by atoms with E-state index in [2.05, 4.69) is 33.4 Å². The highest BCUT2D eigenvalue weighted by molar-refractivity contribution is 9.10. The Labute approximate surface area is 163 Å². The number of para-hydroxylation sites is 1. The normalized spacial score (nSPS) is 15.0. The Morgan fingerprint density at radius 2 is 1.77 bits per heavy atom. The molecule has 0 bridgehead atoms. The van der Waals surface area contributed by atoms with Crippen LogP contribution in [0.1, 0.15) is 35.4 Å². The number of anilines is 1. The molecule has 0 atom stereocenters. The van der Waals surface area contributed by atoms with Crippen LogP contribution >= 0.6 is 15.9 Å². The third-order valence-corrected chi connectivity index (χ3v) is 5.55. The maximum absolute atomic E-state index is 12.7. The zero-order chi connectivity index (χ0) is 18.7. The van der Waals surface area contributed by atoms with Gasteiger partial charge < -0.3 is 15.0 Å². The summed E-state index contributed by atoms with van der Waals surface area (Å²) in [6, 6.07) is 12.2. The van der Waals surface area contributed by atoms with Gasteiger partial charge in [-0.1, -0.05) is 34.1 Å². The molecule has 4 nitrogen and oxygen atoms in total. The van der Waals surface area contributed by atoms with Gasteiger partial charge in [0.2, 0.25) is 0 Å². The Morgan fingerprint density at radius 3 is 2.38 bits per heavy atom. The van der Waals surface area contributed by atoms with Crippen molar-refractivity contribution in [3.8, 4) is 5.75 Å². The summed E-state index contributed by atoms with van der Waals surface area (Å²) < 4.78 is 6.52. The van der Waals surface area contributed by atoms with Crippen molar-refractivity contribution in [3.05, 3.63) is 57.6 Å². The van der Waals surface area contributed by atoms with Crippen LogP contribution in [0.4, 0.5) is 10.5 Å². The number of carbonyl (C=O) groups excluding carboxylic acids is 1. The van der Waals surface area contributed by atoms with Gasteiger partial charge in [-0.2, -0.15) is 0 Å². The molecule has 0 spiro atoms. The number of halogens is 1. The lowest BCUT2D eigenvalue weighted by Gasteiger charge is -2.33. The molecule has 1 aliphatic rings. The van der Waals surface area contributed by atoms with Gasteiger partial charge in [-0.3, -0.25) is 0 Å². The maximum Gasteiger partial charge on any atom is 0.321 e. The van der Waals surface area contributed by atoms with Crippen LogP contribution < -0.4 is 10.1 Å². The highest BCUT2D eigenvalue weighted by Gasteiger charge is 2.26. The van der Waals surface area contributed by atoms with E-state index in [-0.39, 0.29) is 6.03 Å². The van der Waals surface area contributed by atoms with E-state index in [1.807, 2.05) is 43.0 Å². The predicted octanol–water partition coefficient (Wildman–Crippen LogP) is 5.49. The molecule has 0 aromatic heterocycles. The molecule has 0 aliphatic carbocycles. The second-order valence-corrected chi connectivity index (χ2v) is 7.76. The van der Waals surface area contributed by atoms with E-state index in [0.29, 0.717) is 5.92 Å². The molecule has 1 fully saturated rings. The standard InChI is InChI=1S/C21H25BrN2O2/c1-14-12-17(22)13-15(2)20(14)23-21(25)24-10-8-16(9-11-24)18-6-4-5-7-19(18)26-3/h4-7,12-13,16H,8-11H2,1-3H3,(H,23,25). The molecule has 2 aromatic rings. The van der Waals surface area contributed by atoms with Crippen LogP contribution in [0.25, 0.3) is 0 Å². The van der Waals surface area contributed by atoms with E-state index < -0.39 is 0 Å². The molecule has 1 heterocycles. The molecular formula is C21H25BrN2O2. The Bertz CT molecular complexity index is 775. The van der Waals surface area contributed by atoms with Crippen LogP contribution in [0.5, 0.6) is 5.75 Å². The van der Waals surface area contributed by atoms with Crippen molar-refractivity contribution in [2.24, 2.45) is 0 Å². The van der Waals surface area contributed by atoms with Crippen molar-refractivity contribution in [2.45, 2.75) is 32.6 Å². The lowest BCUT2D eigenvalue weighted by atomic mass is 9.89. The highest BCUT2D eigenvalue weighted by Crippen LogP contribution is 2.34. The molecule has 138 valence electrons. The number of amides is 2. The maximum atomic E-state index is 12.7. The van der Waals surface area contributed by atoms with Gasteiger partial charge in [-0.15, -0.1) is 0 Å². The van der Waals surface area contributed by atoms with Crippen molar-refractivity contribution in [2.75, 3.05) is 25.5 Å². The quantitative estimate of drug-likeness (QED) is 0.718. The Morgan fingerprint density at radius 1 is 1.15 bits per heavy atom. The van der Waals surface area contributed by atoms with E-state index in [1.165, 1.54) is 5.56 Å². The molecule has 0 saturated carbocycles. The van der Waals surface area contributed by atoms with Gasteiger partial charge in [0.25, 0.3) is 0 Å². The summed E-state index contributed by atoms with van der Waals surface area (Å²) in [5.74, 6) is 1.38. The van der Waals surface area contributed by atoms with Crippen LogP contribution in [0.15, 0.2) is 40.9 Å². The number of hydrogen-bond donors (Lipinski definition) is 1. The van der Waals surface area contributed by atoms with E-state index in [4.69, 9.17) is 4.74 Å². The molecule has 5 heteroatoms. The molecule has 3 rings (SSSR count). The third-order valence-electron chi connectivity index (χ3n) is 5.09. The number of likely N-dealkylation sites (tertiary alicyclic amines) is 1. The fraction of sp³-hybridized carbons (Fsp3) is 0.381. The van der Waals surface area contributed by atoms with Gasteiger partial charge in [-0.05, 0) is 67.5 Å². The summed E-state index contributed by atoms with van der Waals surface area (Å²) in [7, 11) is 1.71. The van der Waals surface area contributed by atoms with Crippen molar-refractivity contribution >= 4 is 27.6 Å². The van der Waals surface area contributed by atoms with Gasteiger partial charge in [0.15, 0.2) is 0 Å². The molecule has 2 aromatic carbocycles. The average molecular weight is 417 g/mol. The summed E-state index contributed by atoms with van der Waals surface area (Å²) in [6.45, 7) is 5.54. The number of nitrogens with zero attached hydrogens (tertiary/aromatic N) is 1. The SMILES string of the molecule is COc1ccccc1C1CCN(C(=O)Nc2c(C)cc(Br)cc2C)CC1. The average Bonchev–Trinajstić information content (AvgIpc) is 2.64. The summed E-state index contributed by atoms with van der Waals surface area (Å²) >= 11 is 3.50. The summed E-state index contributed by atoms with van der Waals surface area (Å²) in [6.07, 6.45) is 1.90. The predicted molar refractivity (Wildman–Crippen MR) is 109 cm³/mol. The number of piperidine rings is 1. The Kier molecular flexibility index (Phi) is 5.87. The number of carbonyl (C=O) groups is 1. The van der Waals surface area contributed by atoms with E-state index in [9.17, 15) is 4.79 Å². The first kappa shape index (κ1) is 18.8. The van der Waals surface area contributed by atoms with Crippen molar-refractivity contribution < 1.29 is 9.53 Å². The van der Waals surface area contributed by atoms with Gasteiger partial charge in [0.05, 0.1) is 7.11 Å². The minimum absolute atomic E-state index is 0.0167. The highest BCUT2D eigenvalue weighted by atomic mass is 79.9. The molecule has 2 amide bonds. The number of ether oxygens (including phenoxy) is 1. The molecule has 1 saturated heterocycles. The van der Waals surface area contributed by atoms with Gasteiger partial charge in [0.1, 0.15) is 5.75 Å². The molecule has 1 N–H and O–H groups in total. The van der Waals surface area contributed by atoms with Gasteiger partial charge >= 0.3 is 6.03 Å². The zero-order valence-corrected chi connectivity index (χ0v) is 17.1. The topological polar surface area (TPSA) is 41.6 Å². The third kappa shape index (κ3) is 4.04. The smallest absolute Gasteiger partial charge is 0.321 e. The first-order valence-electron chi connectivity index (χ1n) is 8.95. The lowest BCUT2D eigenvalue weighted by molar-refractivity contribution is 0.194. The van der Waals surface area contributed by atoms with Crippen molar-refractivity contribution in [3.63, 3.8) is 0 Å². The van der Waals surface area contributed by atoms with Crippen LogP contribution in [-0.2, 0) is 0 Å². The minimum Gasteiger partial charge on any atom is -0.496 e. The molecule has 26 heavy (non-hydrogen) atoms. The summed E-state index contributed by atoms with van der Waals surface area (Å²) in [5.41, 5.74) is 4.28. The number of methoxy groups -OCH3 is 1. The van der Waals surface area contributed by atoms with Gasteiger partial charge in [-0.25, -0.2) is 4.79 Å². The van der Waals surface area contributed by atoms with Crippen molar-refractivity contribution in [1.29, 1.82) is 0 Å². The lowest BCUT2D eigenvalue weighted by Crippen LogP contribution is -2.40. The summed E-state index contributed by atoms with van der Waals surface area (Å²) in [5, 5.41) is 3.09. The fourth-order valence-electron chi connectivity index (χ4n) is 3.69. The Balaban J connectivity index is 1.64. The summed E-state index contributed by atoms with van der Waals surface area (Å²) in [4.78, 5) is 14.6. The Hall–Kier alpha value is -2.01. The largest absolute Gasteiger partial charge is 0.496 e. The van der Waals surface area contributed by atoms with Crippen LogP contribution in [-0.4, -0.2) is 31.1 Å².